The van der Waals surface area contributed by atoms with Crippen molar-refractivity contribution in [3.8, 4) is 0 Å². The molecule has 0 saturated heterocycles. The molecule has 0 rings (SSSR count). The summed E-state index contributed by atoms with van der Waals surface area (Å²) in [6.07, 6.45) is 82.6. The fourth-order valence-electron chi connectivity index (χ4n) is 9.79. The Morgan fingerprint density at radius 3 is 0.816 bits per heavy atom. The molecule has 0 amide bonds. The smallest absolute Gasteiger partial charge is 0.306 e. The van der Waals surface area contributed by atoms with Gasteiger partial charge in [-0.1, -0.05) is 306 Å². The molecule has 76 heavy (non-hydrogen) atoms. The Bertz CT molecular complexity index is 1360. The summed E-state index contributed by atoms with van der Waals surface area (Å²) in [4.78, 5) is 38.2. The normalized spacial score (nSPS) is 12.4. The van der Waals surface area contributed by atoms with E-state index in [1.807, 2.05) is 0 Å². The quantitative estimate of drug-likeness (QED) is 0.0261. The zero-order valence-electron chi connectivity index (χ0n) is 50.8. The molecule has 0 aliphatic rings. The number of ether oxygens (including phenoxy) is 3. The van der Waals surface area contributed by atoms with Crippen LogP contribution in [0.2, 0.25) is 0 Å². The van der Waals surface area contributed by atoms with Crippen LogP contribution in [-0.4, -0.2) is 37.2 Å². The number of unbranched alkanes of at least 4 members (excludes halogenated alkanes) is 40. The Balaban J connectivity index is 4.09. The van der Waals surface area contributed by atoms with E-state index in [9.17, 15) is 14.4 Å². The predicted molar refractivity (Wildman–Crippen MR) is 330 cm³/mol. The van der Waals surface area contributed by atoms with Crippen LogP contribution in [0, 0.1) is 0 Å². The molecule has 0 aromatic heterocycles. The molecule has 0 fully saturated rings. The molecule has 6 nitrogen and oxygen atoms in total. The van der Waals surface area contributed by atoms with Gasteiger partial charge >= 0.3 is 17.9 Å². The van der Waals surface area contributed by atoms with Gasteiger partial charge in [-0.15, -0.1) is 0 Å². The molecule has 0 spiro atoms. The van der Waals surface area contributed by atoms with Crippen molar-refractivity contribution in [1.29, 1.82) is 0 Å². The van der Waals surface area contributed by atoms with Crippen molar-refractivity contribution in [1.82, 2.24) is 0 Å². The Morgan fingerprint density at radius 2 is 0.513 bits per heavy atom. The molecule has 0 aromatic carbocycles. The molecule has 0 aliphatic carbocycles. The van der Waals surface area contributed by atoms with Crippen molar-refractivity contribution in [2.75, 3.05) is 13.2 Å². The van der Waals surface area contributed by atoms with Gasteiger partial charge in [0.05, 0.1) is 0 Å². The lowest BCUT2D eigenvalue weighted by atomic mass is 10.0. The molecule has 0 bridgehead atoms. The third kappa shape index (κ3) is 62.0. The van der Waals surface area contributed by atoms with Crippen molar-refractivity contribution in [3.63, 3.8) is 0 Å². The van der Waals surface area contributed by atoms with E-state index in [1.54, 1.807) is 0 Å². The summed E-state index contributed by atoms with van der Waals surface area (Å²) in [5, 5.41) is 0. The first kappa shape index (κ1) is 73.1. The summed E-state index contributed by atoms with van der Waals surface area (Å²) < 4.78 is 16.9. The molecule has 0 aliphatic heterocycles. The molecule has 0 radical (unpaired) electrons. The van der Waals surface area contributed by atoms with E-state index in [1.165, 1.54) is 225 Å². The van der Waals surface area contributed by atoms with Crippen molar-refractivity contribution in [3.05, 3.63) is 60.8 Å². The van der Waals surface area contributed by atoms with Gasteiger partial charge in [0.2, 0.25) is 0 Å². The zero-order chi connectivity index (χ0) is 55.0. The highest BCUT2D eigenvalue weighted by molar-refractivity contribution is 5.71. The lowest BCUT2D eigenvalue weighted by Crippen LogP contribution is -2.30. The van der Waals surface area contributed by atoms with E-state index in [-0.39, 0.29) is 31.1 Å². The Hall–Kier alpha value is -2.89. The summed E-state index contributed by atoms with van der Waals surface area (Å²) in [5.74, 6) is -0.857. The molecule has 442 valence electrons. The number of carbonyl (C=O) groups is 3. The second kappa shape index (κ2) is 64.6. The minimum absolute atomic E-state index is 0.0705. The third-order valence-electron chi connectivity index (χ3n) is 14.8. The number of hydrogen-bond donors (Lipinski definition) is 0. The molecular weight excluding hydrogens is 937 g/mol. The van der Waals surface area contributed by atoms with E-state index in [4.69, 9.17) is 14.2 Å². The number of hydrogen-bond acceptors (Lipinski definition) is 6. The van der Waals surface area contributed by atoms with E-state index < -0.39 is 6.10 Å². The lowest BCUT2D eigenvalue weighted by molar-refractivity contribution is -0.167. The minimum Gasteiger partial charge on any atom is -0.462 e. The van der Waals surface area contributed by atoms with Gasteiger partial charge in [0.1, 0.15) is 13.2 Å². The average molecular weight is 1060 g/mol. The highest BCUT2D eigenvalue weighted by Crippen LogP contribution is 2.17. The average Bonchev–Trinajstić information content (AvgIpc) is 3.42. The zero-order valence-corrected chi connectivity index (χ0v) is 50.8. The van der Waals surface area contributed by atoms with Crippen LogP contribution in [0.25, 0.3) is 0 Å². The van der Waals surface area contributed by atoms with E-state index in [0.717, 1.165) is 83.5 Å². The van der Waals surface area contributed by atoms with Crippen LogP contribution < -0.4 is 0 Å². The predicted octanol–water partition coefficient (Wildman–Crippen LogP) is 22.7. The number of allylic oxidation sites excluding steroid dienone is 10. The summed E-state index contributed by atoms with van der Waals surface area (Å²) in [6.45, 7) is 6.55. The van der Waals surface area contributed by atoms with E-state index in [0.29, 0.717) is 19.3 Å². The molecular formula is C70H126O6. The second-order valence-electron chi connectivity index (χ2n) is 22.4. The first-order valence-corrected chi connectivity index (χ1v) is 33.3. The second-order valence-corrected chi connectivity index (χ2v) is 22.4. The van der Waals surface area contributed by atoms with Gasteiger partial charge in [0, 0.05) is 19.3 Å². The number of rotatable bonds is 61. The molecule has 0 N–H and O–H groups in total. The van der Waals surface area contributed by atoms with Crippen molar-refractivity contribution in [2.45, 2.75) is 354 Å². The van der Waals surface area contributed by atoms with Crippen LogP contribution in [-0.2, 0) is 28.6 Å². The molecule has 0 aromatic rings. The monoisotopic (exact) mass is 1060 g/mol. The van der Waals surface area contributed by atoms with Crippen molar-refractivity contribution >= 4 is 17.9 Å². The highest BCUT2D eigenvalue weighted by atomic mass is 16.6. The molecule has 0 heterocycles. The summed E-state index contributed by atoms with van der Waals surface area (Å²) in [7, 11) is 0. The van der Waals surface area contributed by atoms with Gasteiger partial charge in [-0.05, 0) is 83.5 Å². The van der Waals surface area contributed by atoms with Crippen LogP contribution in [0.15, 0.2) is 60.8 Å². The van der Waals surface area contributed by atoms with Crippen LogP contribution in [0.4, 0.5) is 0 Å². The van der Waals surface area contributed by atoms with Crippen molar-refractivity contribution in [2.24, 2.45) is 0 Å². The van der Waals surface area contributed by atoms with Crippen LogP contribution in [0.1, 0.15) is 348 Å². The van der Waals surface area contributed by atoms with Crippen molar-refractivity contribution < 1.29 is 28.6 Å². The fraction of sp³-hybridized carbons (Fsp3) is 0.814. The van der Waals surface area contributed by atoms with Gasteiger partial charge in [-0.25, -0.2) is 0 Å². The molecule has 6 heteroatoms. The number of esters is 3. The summed E-state index contributed by atoms with van der Waals surface area (Å²) in [5.41, 5.74) is 0. The maximum absolute atomic E-state index is 12.9. The SMILES string of the molecule is CC/C=C\C/C=C\C/C=C\C/C=C\CCCCCCCCCCCCCCCCCCCCC(=O)OCC(COC(=O)CCCCCCCCCCC)OC(=O)CCCCCCCCC/C=C\CCCCCCCCC. The Labute approximate surface area is 472 Å². The molecule has 1 unspecified atom stereocenters. The standard InChI is InChI=1S/C70H126O6/c1-4-7-10-13-16-19-21-23-25-27-29-30-31-32-33-34-35-36-37-38-39-40-41-43-44-46-48-51-54-57-60-63-69(72)75-66-67(65-74-68(71)62-59-56-53-50-18-15-12-9-6-3)76-70(73)64-61-58-55-52-49-47-45-42-28-26-24-22-20-17-14-11-8-5-2/h7,10,16,19,23,25-26,28-30,67H,4-6,8-9,11-15,17-18,20-22,24,27,31-66H2,1-3H3/b10-7-,19-16-,25-23-,28-26-,30-29-. The van der Waals surface area contributed by atoms with Gasteiger partial charge in [-0.2, -0.15) is 0 Å². The maximum Gasteiger partial charge on any atom is 0.306 e. The first-order chi connectivity index (χ1) is 37.5. The lowest BCUT2D eigenvalue weighted by Gasteiger charge is -2.18. The minimum atomic E-state index is -0.772. The van der Waals surface area contributed by atoms with Gasteiger partial charge in [-0.3, -0.25) is 14.4 Å². The first-order valence-electron chi connectivity index (χ1n) is 33.3. The Morgan fingerprint density at radius 1 is 0.276 bits per heavy atom. The van der Waals surface area contributed by atoms with E-state index in [2.05, 4.69) is 81.5 Å². The van der Waals surface area contributed by atoms with Crippen LogP contribution in [0.5, 0.6) is 0 Å². The molecule has 0 saturated carbocycles. The molecule has 1 atom stereocenters. The van der Waals surface area contributed by atoms with Crippen LogP contribution in [0.3, 0.4) is 0 Å². The Kier molecular flexibility index (Phi) is 62.2. The fourth-order valence-corrected chi connectivity index (χ4v) is 9.79. The summed E-state index contributed by atoms with van der Waals surface area (Å²) in [6, 6.07) is 0. The highest BCUT2D eigenvalue weighted by Gasteiger charge is 2.19. The topological polar surface area (TPSA) is 78.9 Å². The van der Waals surface area contributed by atoms with Gasteiger partial charge < -0.3 is 14.2 Å². The van der Waals surface area contributed by atoms with E-state index >= 15 is 0 Å². The van der Waals surface area contributed by atoms with Gasteiger partial charge in [0.15, 0.2) is 6.10 Å². The summed E-state index contributed by atoms with van der Waals surface area (Å²) >= 11 is 0. The maximum atomic E-state index is 12.9. The third-order valence-corrected chi connectivity index (χ3v) is 14.8. The largest absolute Gasteiger partial charge is 0.462 e. The van der Waals surface area contributed by atoms with Crippen LogP contribution >= 0.6 is 0 Å². The van der Waals surface area contributed by atoms with Gasteiger partial charge in [0.25, 0.3) is 0 Å². The number of carbonyl (C=O) groups excluding carboxylic acids is 3.